The molecule has 0 saturated heterocycles. The molecule has 8 heteroatoms. The van der Waals surface area contributed by atoms with Crippen molar-refractivity contribution in [3.63, 3.8) is 0 Å². The summed E-state index contributed by atoms with van der Waals surface area (Å²) in [7, 11) is 0. The summed E-state index contributed by atoms with van der Waals surface area (Å²) in [5, 5.41) is 8.33. The summed E-state index contributed by atoms with van der Waals surface area (Å²) in [5.41, 5.74) is 1.29. The van der Waals surface area contributed by atoms with Gasteiger partial charge in [0.25, 0.3) is 5.91 Å². The van der Waals surface area contributed by atoms with Crippen molar-refractivity contribution in [3.8, 4) is 0 Å². The van der Waals surface area contributed by atoms with Crippen LogP contribution in [0.5, 0.6) is 0 Å². The highest BCUT2D eigenvalue weighted by Crippen LogP contribution is 2.31. The first-order chi connectivity index (χ1) is 14.3. The van der Waals surface area contributed by atoms with Crippen molar-refractivity contribution in [2.75, 3.05) is 0 Å². The zero-order chi connectivity index (χ0) is 21.4. The minimum absolute atomic E-state index is 0.119. The van der Waals surface area contributed by atoms with Crippen LogP contribution in [0.4, 0.5) is 4.39 Å². The van der Waals surface area contributed by atoms with Gasteiger partial charge in [0.1, 0.15) is 15.5 Å². The molecule has 1 fully saturated rings. The number of amides is 1. The maximum atomic E-state index is 13.3. The lowest BCUT2D eigenvalue weighted by Crippen LogP contribution is -2.33. The molecule has 1 aliphatic carbocycles. The summed E-state index contributed by atoms with van der Waals surface area (Å²) in [5.74, 6) is -0.965. The van der Waals surface area contributed by atoms with Crippen LogP contribution in [0.1, 0.15) is 53.7 Å². The van der Waals surface area contributed by atoms with Crippen molar-refractivity contribution < 1.29 is 18.7 Å². The minimum atomic E-state index is -1.13. The molecule has 0 spiro atoms. The SMILES string of the molecule is Cc1nn(CC(C)C)c2sc(C(=O)OC(C(=O)NC3CC3)c3ccc(F)cc3)cc12. The number of benzene rings is 1. The molecule has 1 unspecified atom stereocenters. The maximum Gasteiger partial charge on any atom is 0.349 e. The number of carbonyl (C=O) groups is 2. The van der Waals surface area contributed by atoms with Gasteiger partial charge in [0.15, 0.2) is 0 Å². The highest BCUT2D eigenvalue weighted by molar-refractivity contribution is 7.20. The first-order valence-electron chi connectivity index (χ1n) is 10.1. The van der Waals surface area contributed by atoms with Gasteiger partial charge in [0.05, 0.1) is 5.69 Å². The highest BCUT2D eigenvalue weighted by Gasteiger charge is 2.31. The number of aryl methyl sites for hydroxylation is 1. The molecule has 6 nitrogen and oxygen atoms in total. The topological polar surface area (TPSA) is 73.2 Å². The summed E-state index contributed by atoms with van der Waals surface area (Å²) in [6.07, 6.45) is 0.701. The second-order valence-corrected chi connectivity index (χ2v) is 9.14. The number of nitrogens with zero attached hydrogens (tertiary/aromatic N) is 2. The molecule has 4 rings (SSSR count). The molecule has 158 valence electrons. The Balaban J connectivity index is 1.60. The summed E-state index contributed by atoms with van der Waals surface area (Å²) >= 11 is 1.31. The van der Waals surface area contributed by atoms with Gasteiger partial charge in [-0.05, 0) is 43.9 Å². The van der Waals surface area contributed by atoms with Crippen molar-refractivity contribution in [1.82, 2.24) is 15.1 Å². The number of aromatic nitrogens is 2. The maximum absolute atomic E-state index is 13.3. The number of esters is 1. The molecule has 1 aromatic carbocycles. The van der Waals surface area contributed by atoms with Crippen LogP contribution in [0, 0.1) is 18.7 Å². The van der Waals surface area contributed by atoms with Gasteiger partial charge in [0, 0.05) is 23.5 Å². The Morgan fingerprint density at radius 3 is 2.63 bits per heavy atom. The van der Waals surface area contributed by atoms with Gasteiger partial charge in [-0.3, -0.25) is 9.48 Å². The predicted octanol–water partition coefficient (Wildman–Crippen LogP) is 4.38. The standard InChI is InChI=1S/C22H24FN3O3S/c1-12(2)11-26-21-17(13(3)25-26)10-18(30-21)22(28)29-19(20(27)24-16-8-9-16)14-4-6-15(23)7-5-14/h4-7,10,12,16,19H,8-9,11H2,1-3H3,(H,24,27). The van der Waals surface area contributed by atoms with Gasteiger partial charge in [-0.2, -0.15) is 5.10 Å². The van der Waals surface area contributed by atoms with E-state index < -0.39 is 17.9 Å². The van der Waals surface area contributed by atoms with E-state index in [0.717, 1.165) is 35.3 Å². The molecule has 1 saturated carbocycles. The van der Waals surface area contributed by atoms with Crippen LogP contribution in [0.15, 0.2) is 30.3 Å². The Labute approximate surface area is 178 Å². The van der Waals surface area contributed by atoms with Crippen molar-refractivity contribution in [2.45, 2.75) is 52.3 Å². The number of hydrogen-bond acceptors (Lipinski definition) is 5. The van der Waals surface area contributed by atoms with Crippen LogP contribution in [0.2, 0.25) is 0 Å². The molecule has 2 heterocycles. The summed E-state index contributed by atoms with van der Waals surface area (Å²) in [6, 6.07) is 7.33. The van der Waals surface area contributed by atoms with Crippen molar-refractivity contribution in [1.29, 1.82) is 0 Å². The molecule has 2 aromatic heterocycles. The quantitative estimate of drug-likeness (QED) is 0.566. The monoisotopic (exact) mass is 429 g/mol. The lowest BCUT2D eigenvalue weighted by molar-refractivity contribution is -0.130. The largest absolute Gasteiger partial charge is 0.443 e. The van der Waals surface area contributed by atoms with E-state index in [4.69, 9.17) is 4.74 Å². The fourth-order valence-electron chi connectivity index (χ4n) is 3.26. The van der Waals surface area contributed by atoms with Gasteiger partial charge < -0.3 is 10.1 Å². The zero-order valence-electron chi connectivity index (χ0n) is 17.1. The Kier molecular flexibility index (Phi) is 5.60. The molecule has 30 heavy (non-hydrogen) atoms. The van der Waals surface area contributed by atoms with Crippen molar-refractivity contribution in [2.24, 2.45) is 5.92 Å². The van der Waals surface area contributed by atoms with Crippen LogP contribution >= 0.6 is 11.3 Å². The van der Waals surface area contributed by atoms with Gasteiger partial charge in [-0.15, -0.1) is 11.3 Å². The molecular weight excluding hydrogens is 405 g/mol. The molecule has 1 amide bonds. The van der Waals surface area contributed by atoms with Crippen LogP contribution in [-0.4, -0.2) is 27.7 Å². The fourth-order valence-corrected chi connectivity index (χ4v) is 4.32. The minimum Gasteiger partial charge on any atom is -0.443 e. The second-order valence-electron chi connectivity index (χ2n) is 8.11. The van der Waals surface area contributed by atoms with E-state index >= 15 is 0 Å². The Bertz CT molecular complexity index is 1080. The van der Waals surface area contributed by atoms with E-state index in [-0.39, 0.29) is 11.9 Å². The third-order valence-corrected chi connectivity index (χ3v) is 6.03. The number of ether oxygens (including phenoxy) is 1. The van der Waals surface area contributed by atoms with E-state index in [0.29, 0.717) is 16.4 Å². The average Bonchev–Trinajstić information content (AvgIpc) is 3.30. The molecule has 1 N–H and O–H groups in total. The van der Waals surface area contributed by atoms with Gasteiger partial charge in [0.2, 0.25) is 6.10 Å². The second kappa shape index (κ2) is 8.18. The summed E-state index contributed by atoms with van der Waals surface area (Å²) in [6.45, 7) is 6.88. The van der Waals surface area contributed by atoms with Crippen molar-refractivity contribution >= 4 is 33.4 Å². The van der Waals surface area contributed by atoms with Crippen LogP contribution < -0.4 is 5.32 Å². The number of halogens is 1. The van der Waals surface area contributed by atoms with Gasteiger partial charge in [-0.25, -0.2) is 9.18 Å². The molecule has 0 radical (unpaired) electrons. The third kappa shape index (κ3) is 4.38. The van der Waals surface area contributed by atoms with Gasteiger partial charge >= 0.3 is 5.97 Å². The van der Waals surface area contributed by atoms with E-state index in [1.807, 2.05) is 11.6 Å². The number of rotatable bonds is 7. The molecular formula is C22H24FN3O3S. The lowest BCUT2D eigenvalue weighted by atomic mass is 10.1. The van der Waals surface area contributed by atoms with E-state index in [1.54, 1.807) is 6.07 Å². The van der Waals surface area contributed by atoms with Crippen LogP contribution in [0.25, 0.3) is 10.2 Å². The number of carbonyl (C=O) groups excluding carboxylic acids is 2. The Morgan fingerprint density at radius 1 is 1.30 bits per heavy atom. The van der Waals surface area contributed by atoms with Crippen LogP contribution in [0.3, 0.4) is 0 Å². The Hall–Kier alpha value is -2.74. The van der Waals surface area contributed by atoms with Crippen molar-refractivity contribution in [3.05, 3.63) is 52.3 Å². The molecule has 0 aliphatic heterocycles. The zero-order valence-corrected chi connectivity index (χ0v) is 18.0. The summed E-state index contributed by atoms with van der Waals surface area (Å²) < 4.78 is 20.9. The van der Waals surface area contributed by atoms with E-state index in [9.17, 15) is 14.0 Å². The predicted molar refractivity (Wildman–Crippen MR) is 113 cm³/mol. The number of fused-ring (bicyclic) bond motifs is 1. The van der Waals surface area contributed by atoms with E-state index in [2.05, 4.69) is 24.3 Å². The highest BCUT2D eigenvalue weighted by atomic mass is 32.1. The first-order valence-corrected chi connectivity index (χ1v) is 10.9. The van der Waals surface area contributed by atoms with Gasteiger partial charge in [-0.1, -0.05) is 26.0 Å². The number of hydrogen-bond donors (Lipinski definition) is 1. The normalized spacial score (nSPS) is 14.8. The lowest BCUT2D eigenvalue weighted by Gasteiger charge is -2.17. The molecule has 1 atom stereocenters. The average molecular weight is 430 g/mol. The third-order valence-electron chi connectivity index (χ3n) is 4.91. The smallest absolute Gasteiger partial charge is 0.349 e. The fraction of sp³-hybridized carbons (Fsp3) is 0.409. The first kappa shape index (κ1) is 20.5. The molecule has 3 aromatic rings. The van der Waals surface area contributed by atoms with E-state index in [1.165, 1.54) is 35.6 Å². The van der Waals surface area contributed by atoms with Crippen LogP contribution in [-0.2, 0) is 16.1 Å². The molecule has 1 aliphatic rings. The molecule has 0 bridgehead atoms. The summed E-state index contributed by atoms with van der Waals surface area (Å²) in [4.78, 5) is 26.9. The Morgan fingerprint density at radius 2 is 2.00 bits per heavy atom. The number of nitrogens with one attached hydrogen (secondary N) is 1. The number of thiophene rings is 1.